The van der Waals surface area contributed by atoms with Gasteiger partial charge in [0.1, 0.15) is 5.69 Å². The maximum absolute atomic E-state index is 13.1. The highest BCUT2D eigenvalue weighted by atomic mass is 19.4. The first-order valence-electron chi connectivity index (χ1n) is 11.8. The van der Waals surface area contributed by atoms with E-state index >= 15 is 0 Å². The number of nitrogens with zero attached hydrogens (tertiary/aromatic N) is 2. The number of carbonyl (C=O) groups is 1. The van der Waals surface area contributed by atoms with Crippen LogP contribution in [-0.2, 0) is 17.5 Å². The number of ether oxygens (including phenoxy) is 1. The Morgan fingerprint density at radius 3 is 2.53 bits per heavy atom. The first-order valence-corrected chi connectivity index (χ1v) is 11.8. The number of carbonyl (C=O) groups excluding carboxylic acids is 1. The fourth-order valence-corrected chi connectivity index (χ4v) is 4.26. The quantitative estimate of drug-likeness (QED) is 0.497. The number of nitrogens with one attached hydrogen (secondary N) is 1. The summed E-state index contributed by atoms with van der Waals surface area (Å²) in [5.41, 5.74) is 2.58. The molecule has 1 aliphatic heterocycles. The molecule has 1 amide bonds. The van der Waals surface area contributed by atoms with E-state index in [2.05, 4.69) is 5.32 Å². The number of amides is 1. The van der Waals surface area contributed by atoms with Gasteiger partial charge >= 0.3 is 6.18 Å². The summed E-state index contributed by atoms with van der Waals surface area (Å²) in [7, 11) is 0. The number of hydrogen-bond acceptors (Lipinski definition) is 4. The van der Waals surface area contributed by atoms with E-state index in [1.54, 1.807) is 16.7 Å². The van der Waals surface area contributed by atoms with Crippen molar-refractivity contribution in [2.75, 3.05) is 36.5 Å². The Morgan fingerprint density at radius 2 is 1.83 bits per heavy atom. The molecule has 0 atom stereocenters. The van der Waals surface area contributed by atoms with Crippen LogP contribution in [0.3, 0.4) is 0 Å². The Hall–Kier alpha value is -3.59. The number of benzene rings is 2. The summed E-state index contributed by atoms with van der Waals surface area (Å²) in [5, 5.41) is 2.70. The molecule has 0 bridgehead atoms. The molecule has 4 rings (SSSR count). The van der Waals surface area contributed by atoms with E-state index in [1.165, 1.54) is 12.1 Å². The van der Waals surface area contributed by atoms with Gasteiger partial charge in [0.15, 0.2) is 0 Å². The van der Waals surface area contributed by atoms with Crippen molar-refractivity contribution in [2.24, 2.45) is 0 Å². The van der Waals surface area contributed by atoms with E-state index in [0.717, 1.165) is 35.2 Å². The topological polar surface area (TPSA) is 63.6 Å². The molecule has 1 fully saturated rings. The van der Waals surface area contributed by atoms with Crippen LogP contribution < -0.4 is 15.8 Å². The Morgan fingerprint density at radius 1 is 1.08 bits per heavy atom. The number of pyridine rings is 1. The van der Waals surface area contributed by atoms with Gasteiger partial charge in [0.05, 0.1) is 18.8 Å². The molecule has 0 aliphatic carbocycles. The molecule has 1 aliphatic rings. The molecule has 190 valence electrons. The highest BCUT2D eigenvalue weighted by Gasteiger charge is 2.31. The van der Waals surface area contributed by atoms with E-state index in [0.29, 0.717) is 44.2 Å². The molecule has 0 unspecified atom stereocenters. The lowest BCUT2D eigenvalue weighted by molar-refractivity contribution is -0.137. The number of morpholine rings is 1. The molecular formula is C27H28F3N3O3. The van der Waals surface area contributed by atoms with Gasteiger partial charge in [0.25, 0.3) is 11.5 Å². The van der Waals surface area contributed by atoms with Gasteiger partial charge in [-0.1, -0.05) is 19.1 Å². The molecule has 1 N–H and O–H groups in total. The first kappa shape index (κ1) is 25.5. The van der Waals surface area contributed by atoms with Crippen LogP contribution in [-0.4, -0.2) is 36.8 Å². The zero-order valence-corrected chi connectivity index (χ0v) is 20.2. The zero-order chi connectivity index (χ0) is 25.9. The predicted octanol–water partition coefficient (Wildman–Crippen LogP) is 5.34. The standard InChI is InChI=1S/C27H28F3N3O3/c1-3-9-33-17-20(15-24(26(33)35)32-10-12-36-13-11-32)23-16-22(8-7-18(23)2)31-25(34)19-5-4-6-21(14-19)27(28,29)30/h4-8,14-17H,3,9-13H2,1-2H3,(H,31,34). The van der Waals surface area contributed by atoms with Crippen LogP contribution in [0.4, 0.5) is 24.5 Å². The van der Waals surface area contributed by atoms with Gasteiger partial charge in [0, 0.05) is 42.6 Å². The summed E-state index contributed by atoms with van der Waals surface area (Å²) < 4.78 is 46.3. The number of aryl methyl sites for hydroxylation is 2. The van der Waals surface area contributed by atoms with Gasteiger partial charge < -0.3 is 19.5 Å². The SMILES string of the molecule is CCCn1cc(-c2cc(NC(=O)c3cccc(C(F)(F)F)c3)ccc2C)cc(N2CCOCC2)c1=O. The molecule has 3 aromatic rings. The highest BCUT2D eigenvalue weighted by molar-refractivity contribution is 6.04. The monoisotopic (exact) mass is 499 g/mol. The van der Waals surface area contributed by atoms with Crippen LogP contribution in [0.5, 0.6) is 0 Å². The van der Waals surface area contributed by atoms with Crippen molar-refractivity contribution in [1.29, 1.82) is 0 Å². The van der Waals surface area contributed by atoms with Gasteiger partial charge in [-0.3, -0.25) is 9.59 Å². The van der Waals surface area contributed by atoms with Crippen LogP contribution >= 0.6 is 0 Å². The first-order chi connectivity index (χ1) is 17.2. The van der Waals surface area contributed by atoms with E-state index in [-0.39, 0.29) is 11.1 Å². The maximum Gasteiger partial charge on any atom is 0.416 e. The largest absolute Gasteiger partial charge is 0.416 e. The third-order valence-electron chi connectivity index (χ3n) is 6.14. The van der Waals surface area contributed by atoms with Crippen molar-refractivity contribution >= 4 is 17.3 Å². The summed E-state index contributed by atoms with van der Waals surface area (Å²) in [6.07, 6.45) is -1.93. The smallest absolute Gasteiger partial charge is 0.378 e. The van der Waals surface area contributed by atoms with Crippen molar-refractivity contribution in [3.05, 3.63) is 81.8 Å². The van der Waals surface area contributed by atoms with Gasteiger partial charge in [0.2, 0.25) is 0 Å². The summed E-state index contributed by atoms with van der Waals surface area (Å²) in [5.74, 6) is -0.638. The number of alkyl halides is 3. The third kappa shape index (κ3) is 5.62. The number of hydrogen-bond donors (Lipinski definition) is 1. The average Bonchev–Trinajstić information content (AvgIpc) is 2.86. The minimum absolute atomic E-state index is 0.0610. The van der Waals surface area contributed by atoms with Gasteiger partial charge in [-0.25, -0.2) is 0 Å². The highest BCUT2D eigenvalue weighted by Crippen LogP contribution is 2.31. The summed E-state index contributed by atoms with van der Waals surface area (Å²) in [4.78, 5) is 27.9. The molecule has 6 nitrogen and oxygen atoms in total. The second-order valence-corrected chi connectivity index (χ2v) is 8.77. The molecule has 1 saturated heterocycles. The second-order valence-electron chi connectivity index (χ2n) is 8.77. The number of rotatable bonds is 6. The van der Waals surface area contributed by atoms with E-state index in [1.807, 2.05) is 37.1 Å². The van der Waals surface area contributed by atoms with Gasteiger partial charge in [-0.2, -0.15) is 13.2 Å². The normalized spacial score (nSPS) is 14.1. The molecule has 0 spiro atoms. The van der Waals surface area contributed by atoms with Crippen LogP contribution in [0.1, 0.15) is 34.8 Å². The van der Waals surface area contributed by atoms with Crippen molar-refractivity contribution in [1.82, 2.24) is 4.57 Å². The molecule has 0 saturated carbocycles. The Kier molecular flexibility index (Phi) is 7.49. The Balaban J connectivity index is 1.68. The number of aromatic nitrogens is 1. The van der Waals surface area contributed by atoms with E-state index < -0.39 is 17.6 Å². The molecule has 9 heteroatoms. The summed E-state index contributed by atoms with van der Waals surface area (Å²) >= 11 is 0. The maximum atomic E-state index is 13.1. The van der Waals surface area contributed by atoms with Crippen LogP contribution in [0.2, 0.25) is 0 Å². The fourth-order valence-electron chi connectivity index (χ4n) is 4.26. The van der Waals surface area contributed by atoms with Crippen molar-refractivity contribution in [3.8, 4) is 11.1 Å². The third-order valence-corrected chi connectivity index (χ3v) is 6.14. The Labute approximate surface area is 207 Å². The van der Waals surface area contributed by atoms with Crippen LogP contribution in [0.15, 0.2) is 59.5 Å². The lowest BCUT2D eigenvalue weighted by Crippen LogP contribution is -2.40. The van der Waals surface area contributed by atoms with Crippen LogP contribution in [0.25, 0.3) is 11.1 Å². The zero-order valence-electron chi connectivity index (χ0n) is 20.2. The van der Waals surface area contributed by atoms with Crippen molar-refractivity contribution in [3.63, 3.8) is 0 Å². The predicted molar refractivity (Wildman–Crippen MR) is 134 cm³/mol. The fraction of sp³-hybridized carbons (Fsp3) is 0.333. The molecule has 1 aromatic heterocycles. The van der Waals surface area contributed by atoms with Crippen LogP contribution in [0, 0.1) is 6.92 Å². The van der Waals surface area contributed by atoms with Crippen molar-refractivity contribution in [2.45, 2.75) is 33.0 Å². The number of anilines is 2. The number of halogens is 3. The van der Waals surface area contributed by atoms with E-state index in [9.17, 15) is 22.8 Å². The molecule has 2 heterocycles. The molecule has 2 aromatic carbocycles. The summed E-state index contributed by atoms with van der Waals surface area (Å²) in [6, 6.07) is 11.5. The van der Waals surface area contributed by atoms with E-state index in [4.69, 9.17) is 4.74 Å². The van der Waals surface area contributed by atoms with Gasteiger partial charge in [-0.15, -0.1) is 0 Å². The Bertz CT molecular complexity index is 1310. The molecule has 0 radical (unpaired) electrons. The summed E-state index contributed by atoms with van der Waals surface area (Å²) in [6.45, 7) is 6.84. The molecule has 36 heavy (non-hydrogen) atoms. The van der Waals surface area contributed by atoms with Gasteiger partial charge in [-0.05, 0) is 60.9 Å². The molecular weight excluding hydrogens is 471 g/mol. The average molecular weight is 500 g/mol. The van der Waals surface area contributed by atoms with Crippen molar-refractivity contribution < 1.29 is 22.7 Å². The minimum atomic E-state index is -4.53. The lowest BCUT2D eigenvalue weighted by atomic mass is 10.00. The minimum Gasteiger partial charge on any atom is -0.378 e. The second kappa shape index (κ2) is 10.6. The lowest BCUT2D eigenvalue weighted by Gasteiger charge is -2.29.